The third-order valence-electron chi connectivity index (χ3n) is 4.17. The Balaban J connectivity index is 1.84. The van der Waals surface area contributed by atoms with Gasteiger partial charge in [0.2, 0.25) is 0 Å². The Morgan fingerprint density at radius 1 is 1.35 bits per heavy atom. The smallest absolute Gasteiger partial charge is 0.336 e. The molecule has 1 fully saturated rings. The molecule has 0 unspecified atom stereocenters. The molecule has 106 valence electrons. The third-order valence-corrected chi connectivity index (χ3v) is 5.36. The van der Waals surface area contributed by atoms with E-state index in [-0.39, 0.29) is 11.0 Å². The van der Waals surface area contributed by atoms with Gasteiger partial charge in [0.25, 0.3) is 0 Å². The summed E-state index contributed by atoms with van der Waals surface area (Å²) in [7, 11) is 0. The van der Waals surface area contributed by atoms with Crippen molar-refractivity contribution in [2.45, 2.75) is 26.2 Å². The average molecular weight is 337 g/mol. The van der Waals surface area contributed by atoms with Gasteiger partial charge < -0.3 is 9.15 Å². The fourth-order valence-electron chi connectivity index (χ4n) is 2.62. The Morgan fingerprint density at radius 3 is 2.80 bits per heavy atom. The van der Waals surface area contributed by atoms with Crippen LogP contribution in [-0.2, 0) is 0 Å². The van der Waals surface area contributed by atoms with E-state index in [9.17, 15) is 4.79 Å². The van der Waals surface area contributed by atoms with Crippen LogP contribution in [0.3, 0.4) is 0 Å². The number of hydrogen-bond donors (Lipinski definition) is 0. The second-order valence-electron chi connectivity index (χ2n) is 5.68. The lowest BCUT2D eigenvalue weighted by Crippen LogP contribution is -2.37. The summed E-state index contributed by atoms with van der Waals surface area (Å²) in [5, 5.41) is 1.93. The molecule has 1 aromatic carbocycles. The Morgan fingerprint density at radius 2 is 2.15 bits per heavy atom. The fraction of sp³-hybridized carbons (Fsp3) is 0.438. The molecule has 1 aliphatic carbocycles. The van der Waals surface area contributed by atoms with Crippen molar-refractivity contribution in [3.63, 3.8) is 0 Å². The normalized spacial score (nSPS) is 16.9. The highest BCUT2D eigenvalue weighted by atomic mass is 79.9. The molecule has 0 N–H and O–H groups in total. The predicted molar refractivity (Wildman–Crippen MR) is 82.8 cm³/mol. The van der Waals surface area contributed by atoms with Gasteiger partial charge in [0.15, 0.2) is 0 Å². The zero-order valence-electron chi connectivity index (χ0n) is 11.4. The molecule has 0 spiro atoms. The van der Waals surface area contributed by atoms with Gasteiger partial charge in [-0.3, -0.25) is 0 Å². The van der Waals surface area contributed by atoms with Gasteiger partial charge in [-0.1, -0.05) is 22.4 Å². The molecule has 0 bridgehead atoms. The summed E-state index contributed by atoms with van der Waals surface area (Å²) in [6.07, 6.45) is 3.70. The van der Waals surface area contributed by atoms with Crippen LogP contribution in [-0.4, -0.2) is 11.9 Å². The minimum absolute atomic E-state index is 0.280. The van der Waals surface area contributed by atoms with Crippen molar-refractivity contribution in [2.75, 3.05) is 11.9 Å². The van der Waals surface area contributed by atoms with E-state index in [0.29, 0.717) is 12.2 Å². The molecular weight excluding hydrogens is 320 g/mol. The minimum atomic E-state index is -0.317. The summed E-state index contributed by atoms with van der Waals surface area (Å²) in [6, 6.07) is 7.21. The first-order valence-corrected chi connectivity index (χ1v) is 7.97. The molecule has 1 saturated carbocycles. The molecule has 3 nitrogen and oxygen atoms in total. The van der Waals surface area contributed by atoms with Crippen molar-refractivity contribution in [3.05, 3.63) is 40.2 Å². The van der Waals surface area contributed by atoms with Gasteiger partial charge in [0.1, 0.15) is 11.3 Å². The summed E-state index contributed by atoms with van der Waals surface area (Å²) < 4.78 is 11.1. The molecule has 3 rings (SSSR count). The van der Waals surface area contributed by atoms with Crippen molar-refractivity contribution in [3.8, 4) is 5.75 Å². The van der Waals surface area contributed by atoms with E-state index >= 15 is 0 Å². The number of alkyl halides is 1. The lowest BCUT2D eigenvalue weighted by atomic mass is 9.71. The van der Waals surface area contributed by atoms with Crippen molar-refractivity contribution in [1.29, 1.82) is 0 Å². The van der Waals surface area contributed by atoms with Crippen LogP contribution < -0.4 is 10.4 Å². The van der Waals surface area contributed by atoms with E-state index in [1.807, 2.05) is 25.1 Å². The van der Waals surface area contributed by atoms with E-state index in [1.165, 1.54) is 25.3 Å². The van der Waals surface area contributed by atoms with E-state index in [1.54, 1.807) is 0 Å². The van der Waals surface area contributed by atoms with Gasteiger partial charge in [-0.2, -0.15) is 0 Å². The molecule has 0 amide bonds. The third kappa shape index (κ3) is 2.49. The van der Waals surface area contributed by atoms with Crippen LogP contribution in [0.2, 0.25) is 0 Å². The molecule has 0 aliphatic heterocycles. The number of ether oxygens (including phenoxy) is 1. The van der Waals surface area contributed by atoms with Crippen LogP contribution >= 0.6 is 15.9 Å². The van der Waals surface area contributed by atoms with Crippen LogP contribution in [0.1, 0.15) is 24.8 Å². The first-order valence-electron chi connectivity index (χ1n) is 6.85. The standard InChI is InChI=1S/C16H17BrO3/c1-11-7-15(18)20-14-8-12(3-4-13(11)14)19-10-16(9-17)5-2-6-16/h3-4,7-8H,2,5-6,9-10H2,1H3. The molecule has 1 aromatic heterocycles. The van der Waals surface area contributed by atoms with Gasteiger partial charge in [0, 0.05) is 28.3 Å². The van der Waals surface area contributed by atoms with E-state index in [0.717, 1.165) is 22.0 Å². The second kappa shape index (κ2) is 5.24. The molecule has 2 aromatic rings. The van der Waals surface area contributed by atoms with Gasteiger partial charge >= 0.3 is 5.63 Å². The maximum absolute atomic E-state index is 11.4. The lowest BCUT2D eigenvalue weighted by molar-refractivity contribution is 0.0838. The van der Waals surface area contributed by atoms with Crippen LogP contribution in [0.15, 0.2) is 33.5 Å². The zero-order chi connectivity index (χ0) is 14.2. The maximum atomic E-state index is 11.4. The first-order chi connectivity index (χ1) is 9.62. The molecule has 1 aliphatic rings. The van der Waals surface area contributed by atoms with Crippen molar-refractivity contribution >= 4 is 26.9 Å². The molecule has 1 heterocycles. The van der Waals surface area contributed by atoms with Gasteiger partial charge in [0.05, 0.1) is 6.61 Å². The quantitative estimate of drug-likeness (QED) is 0.624. The highest BCUT2D eigenvalue weighted by molar-refractivity contribution is 9.09. The predicted octanol–water partition coefficient (Wildman–Crippen LogP) is 4.05. The Hall–Kier alpha value is -1.29. The largest absolute Gasteiger partial charge is 0.493 e. The van der Waals surface area contributed by atoms with Crippen molar-refractivity contribution < 1.29 is 9.15 Å². The Bertz CT molecular complexity index is 680. The molecule has 20 heavy (non-hydrogen) atoms. The number of hydrogen-bond acceptors (Lipinski definition) is 3. The number of rotatable bonds is 4. The number of benzene rings is 1. The summed E-state index contributed by atoms with van der Waals surface area (Å²) in [4.78, 5) is 11.4. The second-order valence-corrected chi connectivity index (χ2v) is 6.24. The lowest BCUT2D eigenvalue weighted by Gasteiger charge is -2.39. The van der Waals surface area contributed by atoms with Gasteiger partial charge in [-0.25, -0.2) is 4.79 Å². The molecule has 4 heteroatoms. The SMILES string of the molecule is Cc1cc(=O)oc2cc(OCC3(CBr)CCC3)ccc12. The van der Waals surface area contributed by atoms with Gasteiger partial charge in [-0.05, 0) is 37.5 Å². The fourth-order valence-corrected chi connectivity index (χ4v) is 3.35. The number of halogens is 1. The zero-order valence-corrected chi connectivity index (χ0v) is 13.0. The Kier molecular flexibility index (Phi) is 3.59. The number of aryl methyl sites for hydroxylation is 1. The summed E-state index contributed by atoms with van der Waals surface area (Å²) in [6.45, 7) is 2.62. The first kappa shape index (κ1) is 13.7. The van der Waals surface area contributed by atoms with E-state index in [2.05, 4.69) is 15.9 Å². The summed E-state index contributed by atoms with van der Waals surface area (Å²) in [5.74, 6) is 0.762. The average Bonchev–Trinajstić information content (AvgIpc) is 2.37. The van der Waals surface area contributed by atoms with Crippen LogP contribution in [0.4, 0.5) is 0 Å². The maximum Gasteiger partial charge on any atom is 0.336 e. The van der Waals surface area contributed by atoms with Gasteiger partial charge in [-0.15, -0.1) is 0 Å². The topological polar surface area (TPSA) is 39.4 Å². The van der Waals surface area contributed by atoms with E-state index < -0.39 is 0 Å². The highest BCUT2D eigenvalue weighted by Gasteiger charge is 2.36. The molecular formula is C16H17BrO3. The van der Waals surface area contributed by atoms with Crippen LogP contribution in [0, 0.1) is 12.3 Å². The number of fused-ring (bicyclic) bond motifs is 1. The Labute approximate surface area is 126 Å². The molecule has 0 saturated heterocycles. The molecule has 0 atom stereocenters. The molecule has 0 radical (unpaired) electrons. The minimum Gasteiger partial charge on any atom is -0.493 e. The van der Waals surface area contributed by atoms with Crippen LogP contribution in [0.25, 0.3) is 11.0 Å². The monoisotopic (exact) mass is 336 g/mol. The summed E-state index contributed by atoms with van der Waals surface area (Å²) in [5.41, 5.74) is 1.48. The van der Waals surface area contributed by atoms with Crippen molar-refractivity contribution in [2.24, 2.45) is 5.41 Å². The van der Waals surface area contributed by atoms with Crippen LogP contribution in [0.5, 0.6) is 5.75 Å². The highest BCUT2D eigenvalue weighted by Crippen LogP contribution is 2.42. The van der Waals surface area contributed by atoms with Crippen molar-refractivity contribution in [1.82, 2.24) is 0 Å². The summed E-state index contributed by atoms with van der Waals surface area (Å²) >= 11 is 3.58. The van der Waals surface area contributed by atoms with E-state index in [4.69, 9.17) is 9.15 Å².